The molecule has 2 aromatic rings. The van der Waals surface area contributed by atoms with Gasteiger partial charge in [0.15, 0.2) is 0 Å². The van der Waals surface area contributed by atoms with Gasteiger partial charge in [-0.15, -0.1) is 0 Å². The molecule has 1 amide bonds. The highest BCUT2D eigenvalue weighted by Gasteiger charge is 2.24. The van der Waals surface area contributed by atoms with Crippen LogP contribution >= 0.6 is 11.3 Å². The summed E-state index contributed by atoms with van der Waals surface area (Å²) in [5.74, 6) is 0.0150. The van der Waals surface area contributed by atoms with E-state index in [9.17, 15) is 4.79 Å². The quantitative estimate of drug-likeness (QED) is 0.893. The highest BCUT2D eigenvalue weighted by molar-refractivity contribution is 7.07. The van der Waals surface area contributed by atoms with Gasteiger partial charge >= 0.3 is 0 Å². The number of nitrogens with zero attached hydrogens (tertiary/aromatic N) is 2. The Morgan fingerprint density at radius 1 is 1.16 bits per heavy atom. The van der Waals surface area contributed by atoms with Crippen molar-refractivity contribution < 1.29 is 4.79 Å². The first kappa shape index (κ1) is 18.1. The lowest BCUT2D eigenvalue weighted by Crippen LogP contribution is -2.48. The van der Waals surface area contributed by atoms with Gasteiger partial charge in [-0.05, 0) is 55.4 Å². The highest BCUT2D eigenvalue weighted by Crippen LogP contribution is 2.24. The van der Waals surface area contributed by atoms with Gasteiger partial charge in [0.2, 0.25) is 0 Å². The molecule has 0 radical (unpaired) electrons. The number of hydrogen-bond donors (Lipinski definition) is 1. The smallest absolute Gasteiger partial charge is 0.251 e. The maximum Gasteiger partial charge on any atom is 0.251 e. The van der Waals surface area contributed by atoms with Crippen molar-refractivity contribution in [3.63, 3.8) is 0 Å². The summed E-state index contributed by atoms with van der Waals surface area (Å²) in [4.78, 5) is 17.5. The van der Waals surface area contributed by atoms with Crippen molar-refractivity contribution >= 4 is 17.2 Å². The Labute approximate surface area is 154 Å². The van der Waals surface area contributed by atoms with Crippen LogP contribution in [0.2, 0.25) is 0 Å². The van der Waals surface area contributed by atoms with Crippen molar-refractivity contribution in [2.45, 2.75) is 19.9 Å². The number of carbonyl (C=O) groups excluding carboxylic acids is 1. The largest absolute Gasteiger partial charge is 0.350 e. The molecule has 0 aliphatic carbocycles. The summed E-state index contributed by atoms with van der Waals surface area (Å²) in [5, 5.41) is 7.48. The fourth-order valence-corrected chi connectivity index (χ4v) is 4.16. The standard InChI is InChI=1S/C20H27N3OS/c1-15-10-16(2)12-18(11-15)20(24)21-13-19(17-4-9-25-14-17)23-7-5-22(3)6-8-23/h4,9-12,14,19H,5-8,13H2,1-3H3,(H,21,24). The van der Waals surface area contributed by atoms with E-state index in [1.807, 2.05) is 26.0 Å². The molecule has 1 N–H and O–H groups in total. The maximum atomic E-state index is 12.6. The molecule has 25 heavy (non-hydrogen) atoms. The van der Waals surface area contributed by atoms with E-state index < -0.39 is 0 Å². The lowest BCUT2D eigenvalue weighted by atomic mass is 10.1. The second kappa shape index (κ2) is 8.13. The van der Waals surface area contributed by atoms with Gasteiger partial charge in [0.1, 0.15) is 0 Å². The Hall–Kier alpha value is -1.69. The van der Waals surface area contributed by atoms with Crippen molar-refractivity contribution in [2.24, 2.45) is 0 Å². The minimum absolute atomic E-state index is 0.0150. The van der Waals surface area contributed by atoms with Gasteiger partial charge in [0.05, 0.1) is 6.04 Å². The van der Waals surface area contributed by atoms with Crippen LogP contribution in [0, 0.1) is 13.8 Å². The third kappa shape index (κ3) is 4.69. The predicted molar refractivity (Wildman–Crippen MR) is 104 cm³/mol. The molecule has 134 valence electrons. The topological polar surface area (TPSA) is 35.6 Å². The van der Waals surface area contributed by atoms with Gasteiger partial charge < -0.3 is 10.2 Å². The maximum absolute atomic E-state index is 12.6. The number of nitrogens with one attached hydrogen (secondary N) is 1. The molecule has 1 unspecified atom stereocenters. The molecule has 1 aliphatic heterocycles. The van der Waals surface area contributed by atoms with Gasteiger partial charge in [-0.3, -0.25) is 9.69 Å². The third-order valence-electron chi connectivity index (χ3n) is 4.85. The molecule has 2 heterocycles. The molecule has 0 spiro atoms. The lowest BCUT2D eigenvalue weighted by molar-refractivity contribution is 0.0886. The minimum Gasteiger partial charge on any atom is -0.350 e. The van der Waals surface area contributed by atoms with E-state index in [2.05, 4.69) is 45.1 Å². The molecule has 3 rings (SSSR count). The summed E-state index contributed by atoms with van der Waals surface area (Å²) >= 11 is 1.72. The van der Waals surface area contributed by atoms with E-state index in [0.717, 1.165) is 42.9 Å². The summed E-state index contributed by atoms with van der Waals surface area (Å²) in [5.41, 5.74) is 4.30. The van der Waals surface area contributed by atoms with Crippen LogP contribution in [0.3, 0.4) is 0 Å². The van der Waals surface area contributed by atoms with Crippen LogP contribution < -0.4 is 5.32 Å². The average Bonchev–Trinajstić information content (AvgIpc) is 3.10. The van der Waals surface area contributed by atoms with E-state index >= 15 is 0 Å². The van der Waals surface area contributed by atoms with Crippen LogP contribution in [-0.4, -0.2) is 55.5 Å². The first-order valence-electron chi connectivity index (χ1n) is 8.84. The molecule has 1 aromatic carbocycles. The number of rotatable bonds is 5. The first-order chi connectivity index (χ1) is 12.0. The number of benzene rings is 1. The number of piperazine rings is 1. The molecule has 0 bridgehead atoms. The van der Waals surface area contributed by atoms with Gasteiger partial charge in [-0.1, -0.05) is 17.2 Å². The number of carbonyl (C=O) groups is 1. The monoisotopic (exact) mass is 357 g/mol. The summed E-state index contributed by atoms with van der Waals surface area (Å²) in [6.07, 6.45) is 0. The van der Waals surface area contributed by atoms with Gasteiger partial charge in [0, 0.05) is 38.3 Å². The fourth-order valence-electron chi connectivity index (χ4n) is 3.45. The number of likely N-dealkylation sites (N-methyl/N-ethyl adjacent to an activating group) is 1. The molecule has 1 aliphatic rings. The van der Waals surface area contributed by atoms with Crippen molar-refractivity contribution in [1.82, 2.24) is 15.1 Å². The average molecular weight is 358 g/mol. The Morgan fingerprint density at radius 3 is 2.44 bits per heavy atom. The molecule has 0 saturated carbocycles. The Morgan fingerprint density at radius 2 is 1.84 bits per heavy atom. The lowest BCUT2D eigenvalue weighted by Gasteiger charge is -2.38. The van der Waals surface area contributed by atoms with Crippen LogP contribution in [0.1, 0.15) is 33.1 Å². The number of thiophene rings is 1. The summed E-state index contributed by atoms with van der Waals surface area (Å²) in [6.45, 7) is 8.93. The molecule has 4 nitrogen and oxygen atoms in total. The first-order valence-corrected chi connectivity index (χ1v) is 9.78. The molecular weight excluding hydrogens is 330 g/mol. The van der Waals surface area contributed by atoms with Crippen molar-refractivity contribution in [2.75, 3.05) is 39.8 Å². The Bertz CT molecular complexity index is 685. The van der Waals surface area contributed by atoms with E-state index in [1.165, 1.54) is 5.56 Å². The van der Waals surface area contributed by atoms with Crippen LogP contribution in [0.5, 0.6) is 0 Å². The summed E-state index contributed by atoms with van der Waals surface area (Å²) in [7, 11) is 2.17. The normalized spacial score (nSPS) is 17.4. The number of amides is 1. The van der Waals surface area contributed by atoms with Crippen LogP contribution in [0.25, 0.3) is 0 Å². The Balaban J connectivity index is 1.69. The predicted octanol–water partition coefficient (Wildman–Crippen LogP) is 3.08. The summed E-state index contributed by atoms with van der Waals surface area (Å²) < 4.78 is 0. The third-order valence-corrected chi connectivity index (χ3v) is 5.55. The zero-order chi connectivity index (χ0) is 17.8. The van der Waals surface area contributed by atoms with Crippen LogP contribution in [0.4, 0.5) is 0 Å². The van der Waals surface area contributed by atoms with Crippen molar-refractivity contribution in [3.05, 3.63) is 57.3 Å². The fraction of sp³-hybridized carbons (Fsp3) is 0.450. The van der Waals surface area contributed by atoms with Gasteiger partial charge in [0.25, 0.3) is 5.91 Å². The minimum atomic E-state index is 0.0150. The van der Waals surface area contributed by atoms with Crippen LogP contribution in [0.15, 0.2) is 35.0 Å². The molecule has 1 saturated heterocycles. The zero-order valence-electron chi connectivity index (χ0n) is 15.3. The molecule has 1 fully saturated rings. The second-order valence-corrected chi connectivity index (χ2v) is 7.78. The van der Waals surface area contributed by atoms with Gasteiger partial charge in [-0.2, -0.15) is 11.3 Å². The van der Waals surface area contributed by atoms with Crippen LogP contribution in [-0.2, 0) is 0 Å². The van der Waals surface area contributed by atoms with E-state index in [1.54, 1.807) is 11.3 Å². The number of hydrogen-bond acceptors (Lipinski definition) is 4. The highest BCUT2D eigenvalue weighted by atomic mass is 32.1. The van der Waals surface area contributed by atoms with E-state index in [-0.39, 0.29) is 11.9 Å². The zero-order valence-corrected chi connectivity index (χ0v) is 16.1. The van der Waals surface area contributed by atoms with Crippen molar-refractivity contribution in [3.8, 4) is 0 Å². The number of aryl methyl sites for hydroxylation is 2. The molecule has 5 heteroatoms. The summed E-state index contributed by atoms with van der Waals surface area (Å²) in [6, 6.07) is 8.43. The SMILES string of the molecule is Cc1cc(C)cc(C(=O)NCC(c2ccsc2)N2CCN(C)CC2)c1. The molecule has 1 atom stereocenters. The van der Waals surface area contributed by atoms with E-state index in [4.69, 9.17) is 0 Å². The Kier molecular flexibility index (Phi) is 5.89. The molecular formula is C20H27N3OS. The van der Waals surface area contributed by atoms with Gasteiger partial charge in [-0.25, -0.2) is 0 Å². The van der Waals surface area contributed by atoms with Crippen molar-refractivity contribution in [1.29, 1.82) is 0 Å². The van der Waals surface area contributed by atoms with E-state index in [0.29, 0.717) is 6.54 Å². The second-order valence-electron chi connectivity index (χ2n) is 7.00. The molecule has 1 aromatic heterocycles.